The van der Waals surface area contributed by atoms with Crippen LogP contribution < -0.4 is 17.0 Å². The lowest BCUT2D eigenvalue weighted by Gasteiger charge is -2.06. The van der Waals surface area contributed by atoms with E-state index in [4.69, 9.17) is 0 Å². The van der Waals surface area contributed by atoms with Crippen molar-refractivity contribution in [3.8, 4) is 0 Å². The first-order chi connectivity index (χ1) is 9.78. The van der Waals surface area contributed by atoms with Crippen LogP contribution in [0.5, 0.6) is 0 Å². The lowest BCUT2D eigenvalue weighted by molar-refractivity contribution is -0.694. The van der Waals surface area contributed by atoms with Crippen molar-refractivity contribution in [1.29, 1.82) is 0 Å². The molecule has 0 fully saturated rings. The zero-order chi connectivity index (χ0) is 13.9. The summed E-state index contributed by atoms with van der Waals surface area (Å²) in [6.45, 7) is 6.87. The Hall–Kier alpha value is -2.12. The molecule has 0 unspecified atom stereocenters. The van der Waals surface area contributed by atoms with Crippen LogP contribution in [0.3, 0.4) is 0 Å². The summed E-state index contributed by atoms with van der Waals surface area (Å²) in [5.41, 5.74) is 3.75. The van der Waals surface area contributed by atoms with Crippen molar-refractivity contribution in [2.24, 2.45) is 0 Å². The van der Waals surface area contributed by atoms with Crippen LogP contribution in [0.2, 0.25) is 0 Å². The van der Waals surface area contributed by atoms with E-state index in [2.05, 4.69) is 78.9 Å². The molecule has 3 aromatic rings. The standard InChI is InChI=1S/C19H18N.ClH/c1-3-16-12-11-15(2)20(13-16)14-18-9-6-8-17-7-4-5-10-19(17)18;/h3-13H,1,14H2,2H3;1H/q+1;/p-1. The Labute approximate surface area is 132 Å². The van der Waals surface area contributed by atoms with Crippen molar-refractivity contribution in [3.05, 3.63) is 84.2 Å². The Balaban J connectivity index is 0.00000161. The van der Waals surface area contributed by atoms with Crippen LogP contribution in [-0.4, -0.2) is 0 Å². The van der Waals surface area contributed by atoms with Gasteiger partial charge in [-0.3, -0.25) is 0 Å². The first-order valence-electron chi connectivity index (χ1n) is 6.87. The third kappa shape index (κ3) is 3.14. The first kappa shape index (κ1) is 15.3. The minimum absolute atomic E-state index is 0. The van der Waals surface area contributed by atoms with Crippen molar-refractivity contribution >= 4 is 16.8 Å². The van der Waals surface area contributed by atoms with Gasteiger partial charge in [-0.25, -0.2) is 0 Å². The molecular weight excluding hydrogens is 278 g/mol. The molecule has 0 saturated carbocycles. The van der Waals surface area contributed by atoms with Crippen molar-refractivity contribution < 1.29 is 17.0 Å². The van der Waals surface area contributed by atoms with E-state index in [-0.39, 0.29) is 12.4 Å². The summed E-state index contributed by atoms with van der Waals surface area (Å²) in [7, 11) is 0. The lowest BCUT2D eigenvalue weighted by atomic mass is 10.0. The molecule has 0 aliphatic rings. The maximum absolute atomic E-state index is 3.85. The van der Waals surface area contributed by atoms with E-state index in [1.54, 1.807) is 0 Å². The van der Waals surface area contributed by atoms with Gasteiger partial charge in [0.25, 0.3) is 0 Å². The summed E-state index contributed by atoms with van der Waals surface area (Å²) in [6, 6.07) is 19.3. The molecule has 0 amide bonds. The first-order valence-corrected chi connectivity index (χ1v) is 6.87. The van der Waals surface area contributed by atoms with Crippen LogP contribution in [0.25, 0.3) is 16.8 Å². The zero-order valence-corrected chi connectivity index (χ0v) is 12.8. The van der Waals surface area contributed by atoms with E-state index in [1.165, 1.54) is 22.0 Å². The zero-order valence-electron chi connectivity index (χ0n) is 12.1. The van der Waals surface area contributed by atoms with E-state index in [1.807, 2.05) is 6.08 Å². The van der Waals surface area contributed by atoms with E-state index in [0.717, 1.165) is 12.1 Å². The minimum atomic E-state index is 0. The highest BCUT2D eigenvalue weighted by Crippen LogP contribution is 2.18. The summed E-state index contributed by atoms with van der Waals surface area (Å²) >= 11 is 0. The van der Waals surface area contributed by atoms with E-state index in [0.29, 0.717) is 0 Å². The number of fused-ring (bicyclic) bond motifs is 1. The van der Waals surface area contributed by atoms with Gasteiger partial charge >= 0.3 is 0 Å². The van der Waals surface area contributed by atoms with Crippen molar-refractivity contribution in [2.45, 2.75) is 13.5 Å². The average Bonchev–Trinajstić information content (AvgIpc) is 2.50. The average molecular weight is 296 g/mol. The van der Waals surface area contributed by atoms with Crippen LogP contribution in [-0.2, 0) is 6.54 Å². The van der Waals surface area contributed by atoms with Crippen molar-refractivity contribution in [1.82, 2.24) is 0 Å². The fourth-order valence-corrected chi connectivity index (χ4v) is 2.54. The van der Waals surface area contributed by atoms with Gasteiger partial charge in [0, 0.05) is 24.1 Å². The number of nitrogens with zero attached hydrogens (tertiary/aromatic N) is 1. The van der Waals surface area contributed by atoms with Crippen LogP contribution in [0.15, 0.2) is 67.4 Å². The van der Waals surface area contributed by atoms with Crippen molar-refractivity contribution in [2.75, 3.05) is 0 Å². The molecule has 1 heterocycles. The number of hydrogen-bond donors (Lipinski definition) is 0. The predicted octanol–water partition coefficient (Wildman–Crippen LogP) is 1.13. The summed E-state index contributed by atoms with van der Waals surface area (Å²) in [6.07, 6.45) is 4.04. The SMILES string of the molecule is C=Cc1ccc(C)[n+](Cc2cccc3ccccc23)c1.[Cl-]. The molecular formula is C19H18ClN. The largest absolute Gasteiger partial charge is 1.00 e. The highest BCUT2D eigenvalue weighted by molar-refractivity contribution is 5.85. The number of pyridine rings is 1. The molecule has 21 heavy (non-hydrogen) atoms. The van der Waals surface area contributed by atoms with Crippen LogP contribution in [0.1, 0.15) is 16.8 Å². The number of aromatic nitrogens is 1. The van der Waals surface area contributed by atoms with Gasteiger partial charge in [0.15, 0.2) is 18.4 Å². The molecule has 0 aliphatic carbocycles. The van der Waals surface area contributed by atoms with Crippen LogP contribution in [0.4, 0.5) is 0 Å². The summed E-state index contributed by atoms with van der Waals surface area (Å²) in [5, 5.41) is 2.62. The number of hydrogen-bond acceptors (Lipinski definition) is 0. The minimum Gasteiger partial charge on any atom is -1.00 e. The molecule has 0 N–H and O–H groups in total. The second kappa shape index (κ2) is 6.55. The summed E-state index contributed by atoms with van der Waals surface area (Å²) < 4.78 is 2.28. The summed E-state index contributed by atoms with van der Waals surface area (Å²) in [5.74, 6) is 0. The van der Waals surface area contributed by atoms with Crippen LogP contribution in [0, 0.1) is 6.92 Å². The van der Waals surface area contributed by atoms with Gasteiger partial charge < -0.3 is 12.4 Å². The quantitative estimate of drug-likeness (QED) is 0.638. The number of aryl methyl sites for hydroxylation is 1. The topological polar surface area (TPSA) is 3.88 Å². The molecule has 0 aliphatic heterocycles. The Bertz CT molecular complexity index is 772. The van der Waals surface area contributed by atoms with Gasteiger partial charge in [0.05, 0.1) is 0 Å². The molecule has 3 rings (SSSR count). The molecule has 0 radical (unpaired) electrons. The molecule has 1 nitrogen and oxygen atoms in total. The Morgan fingerprint density at radius 3 is 2.57 bits per heavy atom. The summed E-state index contributed by atoms with van der Waals surface area (Å²) in [4.78, 5) is 0. The fraction of sp³-hybridized carbons (Fsp3) is 0.105. The number of halogens is 1. The maximum Gasteiger partial charge on any atom is 0.178 e. The van der Waals surface area contributed by atoms with Gasteiger partial charge in [0.1, 0.15) is 0 Å². The number of rotatable bonds is 3. The lowest BCUT2D eigenvalue weighted by Crippen LogP contribution is -3.00. The highest BCUT2D eigenvalue weighted by atomic mass is 35.5. The molecule has 0 atom stereocenters. The third-order valence-electron chi connectivity index (χ3n) is 3.73. The fourth-order valence-electron chi connectivity index (χ4n) is 2.54. The van der Waals surface area contributed by atoms with E-state index >= 15 is 0 Å². The smallest absolute Gasteiger partial charge is 0.178 e. The molecule has 2 aromatic carbocycles. The monoisotopic (exact) mass is 295 g/mol. The van der Waals surface area contributed by atoms with Gasteiger partial charge in [-0.1, -0.05) is 55.1 Å². The molecule has 1 aromatic heterocycles. The van der Waals surface area contributed by atoms with Gasteiger partial charge in [-0.2, -0.15) is 4.57 Å². The Morgan fingerprint density at radius 2 is 1.76 bits per heavy atom. The van der Waals surface area contributed by atoms with Gasteiger partial charge in [0.2, 0.25) is 0 Å². The van der Waals surface area contributed by atoms with Crippen LogP contribution >= 0.6 is 0 Å². The van der Waals surface area contributed by atoms with E-state index in [9.17, 15) is 0 Å². The van der Waals surface area contributed by atoms with Gasteiger partial charge in [-0.15, -0.1) is 0 Å². The molecule has 2 heteroatoms. The molecule has 0 spiro atoms. The Morgan fingerprint density at radius 1 is 1.00 bits per heavy atom. The van der Waals surface area contributed by atoms with E-state index < -0.39 is 0 Å². The normalized spacial score (nSPS) is 10.1. The van der Waals surface area contributed by atoms with Gasteiger partial charge in [-0.05, 0) is 16.8 Å². The molecule has 0 bridgehead atoms. The highest BCUT2D eigenvalue weighted by Gasteiger charge is 2.10. The van der Waals surface area contributed by atoms with Crippen molar-refractivity contribution in [3.63, 3.8) is 0 Å². The third-order valence-corrected chi connectivity index (χ3v) is 3.73. The molecule has 106 valence electrons. The predicted molar refractivity (Wildman–Crippen MR) is 84.5 cm³/mol. The Kier molecular flexibility index (Phi) is 4.77. The second-order valence-electron chi connectivity index (χ2n) is 5.07. The maximum atomic E-state index is 3.85. The molecule has 0 saturated heterocycles. The number of benzene rings is 2. The second-order valence-corrected chi connectivity index (χ2v) is 5.07.